The summed E-state index contributed by atoms with van der Waals surface area (Å²) in [6, 6.07) is 10.8. The molecular weight excluding hydrogens is 464 g/mol. The zero-order chi connectivity index (χ0) is 22.9. The maximum Gasteiger partial charge on any atom is 0.273 e. The zero-order valence-corrected chi connectivity index (χ0v) is 20.2. The number of carbonyl (C=O) groups is 1. The summed E-state index contributed by atoms with van der Waals surface area (Å²) in [4.78, 5) is 20.2. The van der Waals surface area contributed by atoms with Gasteiger partial charge in [-0.15, -0.1) is 11.3 Å². The van der Waals surface area contributed by atoms with Crippen LogP contribution in [0.5, 0.6) is 0 Å². The van der Waals surface area contributed by atoms with Gasteiger partial charge in [0.25, 0.3) is 10.0 Å². The molecule has 0 fully saturated rings. The molecule has 3 aromatic rings. The molecule has 168 valence electrons. The van der Waals surface area contributed by atoms with Crippen LogP contribution in [0.4, 0.5) is 5.69 Å². The van der Waals surface area contributed by atoms with Crippen molar-refractivity contribution in [1.82, 2.24) is 4.98 Å². The number of thioether (sulfide) groups is 1. The van der Waals surface area contributed by atoms with Crippen LogP contribution in [0.1, 0.15) is 31.9 Å². The number of carbonyl (C=O) groups excluding carboxylic acids is 1. The number of sulfonamides is 1. The Hall–Kier alpha value is -2.43. The molecule has 0 radical (unpaired) electrons. The van der Waals surface area contributed by atoms with Crippen molar-refractivity contribution in [3.63, 3.8) is 0 Å². The van der Waals surface area contributed by atoms with Gasteiger partial charge >= 0.3 is 0 Å². The molecule has 1 aliphatic heterocycles. The standard InChI is InChI=1S/C22H24N4O3S3/c1-3-6-16(23)19(27)12-15-13-24-22(31-15)17-11-14-7-4-8-18(21(14)25-17)26(2)32(28,29)20-9-5-10-30-20/h4-5,7-11,15,23,25H,3,6,12-13H2,1-2H3. The van der Waals surface area contributed by atoms with Crippen LogP contribution in [-0.4, -0.2) is 48.8 Å². The summed E-state index contributed by atoms with van der Waals surface area (Å²) in [5.74, 6) is -0.111. The molecule has 0 saturated carbocycles. The van der Waals surface area contributed by atoms with E-state index in [2.05, 4.69) is 9.98 Å². The molecule has 0 aliphatic carbocycles. The fourth-order valence-corrected chi connectivity index (χ4v) is 7.04. The summed E-state index contributed by atoms with van der Waals surface area (Å²) in [5.41, 5.74) is 2.27. The van der Waals surface area contributed by atoms with Gasteiger partial charge in [-0.25, -0.2) is 8.42 Å². The van der Waals surface area contributed by atoms with Gasteiger partial charge in [0.15, 0.2) is 5.78 Å². The Bertz CT molecular complexity index is 1290. The fourth-order valence-electron chi connectivity index (χ4n) is 3.58. The van der Waals surface area contributed by atoms with Crippen LogP contribution in [-0.2, 0) is 14.8 Å². The van der Waals surface area contributed by atoms with Crippen molar-refractivity contribution in [2.75, 3.05) is 17.9 Å². The average Bonchev–Trinajstić information content (AvgIpc) is 3.52. The van der Waals surface area contributed by atoms with Gasteiger partial charge in [0.1, 0.15) is 9.25 Å². The minimum absolute atomic E-state index is 0.0162. The number of ketones is 1. The number of anilines is 1. The molecule has 0 amide bonds. The predicted octanol–water partition coefficient (Wildman–Crippen LogP) is 4.70. The highest BCUT2D eigenvalue weighted by Gasteiger charge is 2.27. The Balaban J connectivity index is 1.55. The highest BCUT2D eigenvalue weighted by atomic mass is 32.2. The molecule has 0 bridgehead atoms. The minimum Gasteiger partial charge on any atom is -0.351 e. The van der Waals surface area contributed by atoms with Gasteiger partial charge in [-0.2, -0.15) is 0 Å². The van der Waals surface area contributed by atoms with Crippen molar-refractivity contribution in [3.8, 4) is 0 Å². The van der Waals surface area contributed by atoms with Gasteiger partial charge in [0.2, 0.25) is 0 Å². The van der Waals surface area contributed by atoms with Crippen LogP contribution in [0.2, 0.25) is 0 Å². The van der Waals surface area contributed by atoms with Gasteiger partial charge in [-0.1, -0.05) is 43.3 Å². The molecule has 1 atom stereocenters. The second-order valence-electron chi connectivity index (χ2n) is 7.57. The molecule has 2 aromatic heterocycles. The molecule has 4 rings (SSSR count). The molecule has 0 saturated heterocycles. The fraction of sp³-hybridized carbons (Fsp3) is 0.318. The number of benzene rings is 1. The lowest BCUT2D eigenvalue weighted by Crippen LogP contribution is -2.26. The molecule has 1 unspecified atom stereocenters. The van der Waals surface area contributed by atoms with Gasteiger partial charge in [0.05, 0.1) is 29.2 Å². The summed E-state index contributed by atoms with van der Waals surface area (Å²) in [5, 5.41) is 11.3. The van der Waals surface area contributed by atoms with E-state index < -0.39 is 10.0 Å². The number of Topliss-reactive ketones (excluding diaryl/α,β-unsaturated/α-hetero) is 1. The molecule has 7 nitrogen and oxygen atoms in total. The molecule has 1 aliphatic rings. The van der Waals surface area contributed by atoms with Crippen LogP contribution in [0.3, 0.4) is 0 Å². The summed E-state index contributed by atoms with van der Waals surface area (Å²) in [7, 11) is -2.09. The SMILES string of the molecule is CCCC(=N)C(=O)CC1CN=C(c2cc3cccc(N(C)S(=O)(=O)c4cccs4)c3[nH]2)S1. The molecule has 10 heteroatoms. The number of aliphatic imine (C=N–C) groups is 1. The second kappa shape index (κ2) is 9.21. The summed E-state index contributed by atoms with van der Waals surface area (Å²) < 4.78 is 27.6. The number of H-pyrrole nitrogens is 1. The van der Waals surface area contributed by atoms with Crippen molar-refractivity contribution in [2.24, 2.45) is 4.99 Å². The number of thiophene rings is 1. The third-order valence-corrected chi connectivity index (χ3v) is 9.65. The first kappa shape index (κ1) is 22.8. The van der Waals surface area contributed by atoms with Gasteiger partial charge in [-0.3, -0.25) is 14.1 Å². The maximum absolute atomic E-state index is 13.0. The van der Waals surface area contributed by atoms with Crippen molar-refractivity contribution >= 4 is 66.3 Å². The third-order valence-electron chi connectivity index (χ3n) is 5.28. The van der Waals surface area contributed by atoms with Crippen molar-refractivity contribution in [2.45, 2.75) is 35.6 Å². The highest BCUT2D eigenvalue weighted by Crippen LogP contribution is 2.34. The van der Waals surface area contributed by atoms with Crippen molar-refractivity contribution in [1.29, 1.82) is 5.41 Å². The molecule has 3 heterocycles. The first-order valence-corrected chi connectivity index (χ1v) is 13.5. The van der Waals surface area contributed by atoms with Crippen LogP contribution < -0.4 is 4.31 Å². The number of para-hydroxylation sites is 1. The van der Waals surface area contributed by atoms with Gasteiger partial charge in [0, 0.05) is 24.1 Å². The van der Waals surface area contributed by atoms with E-state index in [9.17, 15) is 13.2 Å². The lowest BCUT2D eigenvalue weighted by molar-refractivity contribution is -0.113. The summed E-state index contributed by atoms with van der Waals surface area (Å²) in [6.45, 7) is 2.49. The number of nitrogens with zero attached hydrogens (tertiary/aromatic N) is 2. The van der Waals surface area contributed by atoms with Gasteiger partial charge < -0.3 is 10.4 Å². The van der Waals surface area contributed by atoms with E-state index >= 15 is 0 Å². The van der Waals surface area contributed by atoms with E-state index in [4.69, 9.17) is 5.41 Å². The van der Waals surface area contributed by atoms with E-state index in [-0.39, 0.29) is 16.7 Å². The number of nitrogens with one attached hydrogen (secondary N) is 2. The zero-order valence-electron chi connectivity index (χ0n) is 17.8. The maximum atomic E-state index is 13.0. The third kappa shape index (κ3) is 4.39. The highest BCUT2D eigenvalue weighted by molar-refractivity contribution is 8.15. The van der Waals surface area contributed by atoms with Crippen LogP contribution >= 0.6 is 23.1 Å². The monoisotopic (exact) mass is 488 g/mol. The Labute approximate surface area is 195 Å². The molecule has 2 N–H and O–H groups in total. The predicted molar refractivity (Wildman–Crippen MR) is 133 cm³/mol. The second-order valence-corrected chi connectivity index (χ2v) is 12.0. The van der Waals surface area contributed by atoms with Crippen molar-refractivity contribution < 1.29 is 13.2 Å². The Morgan fingerprint density at radius 1 is 1.31 bits per heavy atom. The average molecular weight is 489 g/mol. The summed E-state index contributed by atoms with van der Waals surface area (Å²) in [6.07, 6.45) is 1.61. The largest absolute Gasteiger partial charge is 0.351 e. The Morgan fingerprint density at radius 2 is 2.12 bits per heavy atom. The van der Waals surface area contributed by atoms with Crippen LogP contribution in [0.25, 0.3) is 10.9 Å². The van der Waals surface area contributed by atoms with E-state index in [0.717, 1.165) is 28.1 Å². The van der Waals surface area contributed by atoms with Gasteiger partial charge in [-0.05, 0) is 30.0 Å². The number of rotatable bonds is 9. The normalized spacial score (nSPS) is 16.3. The molecule has 1 aromatic carbocycles. The number of hydrogen-bond acceptors (Lipinski definition) is 7. The van der Waals surface area contributed by atoms with E-state index in [1.54, 1.807) is 30.6 Å². The number of hydrogen-bond donors (Lipinski definition) is 2. The number of aromatic amines is 1. The van der Waals surface area contributed by atoms with E-state index in [1.165, 1.54) is 27.4 Å². The number of aromatic nitrogens is 1. The van der Waals surface area contributed by atoms with E-state index in [0.29, 0.717) is 29.3 Å². The summed E-state index contributed by atoms with van der Waals surface area (Å²) >= 11 is 2.72. The number of fused-ring (bicyclic) bond motifs is 1. The first-order valence-electron chi connectivity index (χ1n) is 10.3. The lowest BCUT2D eigenvalue weighted by atomic mass is 10.1. The van der Waals surface area contributed by atoms with E-state index in [1.807, 2.05) is 25.1 Å². The van der Waals surface area contributed by atoms with Crippen LogP contribution in [0.15, 0.2) is 51.0 Å². The first-order chi connectivity index (χ1) is 15.3. The molecule has 32 heavy (non-hydrogen) atoms. The lowest BCUT2D eigenvalue weighted by Gasteiger charge is -2.19. The molecular formula is C22H24N4O3S3. The minimum atomic E-state index is -3.65. The van der Waals surface area contributed by atoms with Crippen molar-refractivity contribution in [3.05, 3.63) is 47.5 Å². The molecule has 0 spiro atoms. The Morgan fingerprint density at radius 3 is 2.84 bits per heavy atom. The topological polar surface area (TPSA) is 106 Å². The quantitative estimate of drug-likeness (QED) is 0.426. The smallest absolute Gasteiger partial charge is 0.273 e. The van der Waals surface area contributed by atoms with Crippen LogP contribution in [0, 0.1) is 5.41 Å². The Kier molecular flexibility index (Phi) is 6.55.